The van der Waals surface area contributed by atoms with Crippen molar-refractivity contribution in [2.24, 2.45) is 0 Å². The number of nitrogens with zero attached hydrogens (tertiary/aromatic N) is 2. The van der Waals surface area contributed by atoms with Gasteiger partial charge in [0.2, 0.25) is 0 Å². The normalized spacial score (nSPS) is 10.5. The standard InChI is InChI=1S/C21H22N4O3/c1-25(2)21(27)16-5-3-15(4-6-16)20(26)24-11-12-28-17-8-7-14-9-10-23-19(22)18(14)13-17/h3-10,13H,11-12H2,1-2H3,(H2,22,23)(H,24,26). The maximum Gasteiger partial charge on any atom is 0.253 e. The molecule has 7 heteroatoms. The third-order valence-corrected chi connectivity index (χ3v) is 4.22. The maximum atomic E-state index is 12.2. The zero-order valence-corrected chi connectivity index (χ0v) is 15.8. The molecule has 0 unspecified atom stereocenters. The molecule has 3 aromatic rings. The highest BCUT2D eigenvalue weighted by Crippen LogP contribution is 2.23. The maximum absolute atomic E-state index is 12.2. The molecule has 1 aromatic heterocycles. The SMILES string of the molecule is CN(C)C(=O)c1ccc(C(=O)NCCOc2ccc3ccnc(N)c3c2)cc1. The molecule has 0 saturated heterocycles. The number of nitrogens with one attached hydrogen (secondary N) is 1. The third-order valence-electron chi connectivity index (χ3n) is 4.22. The van der Waals surface area contributed by atoms with Gasteiger partial charge in [-0.2, -0.15) is 0 Å². The fraction of sp³-hybridized carbons (Fsp3) is 0.190. The van der Waals surface area contributed by atoms with E-state index in [1.54, 1.807) is 44.6 Å². The first-order chi connectivity index (χ1) is 13.5. The topological polar surface area (TPSA) is 97.5 Å². The first kappa shape index (κ1) is 19.2. The minimum Gasteiger partial charge on any atom is -0.492 e. The van der Waals surface area contributed by atoms with Gasteiger partial charge in [-0.3, -0.25) is 9.59 Å². The van der Waals surface area contributed by atoms with Crippen molar-refractivity contribution < 1.29 is 14.3 Å². The van der Waals surface area contributed by atoms with E-state index < -0.39 is 0 Å². The van der Waals surface area contributed by atoms with Crippen LogP contribution in [0.5, 0.6) is 5.75 Å². The molecule has 0 atom stereocenters. The molecule has 0 spiro atoms. The number of carbonyl (C=O) groups is 2. The highest BCUT2D eigenvalue weighted by atomic mass is 16.5. The minimum atomic E-state index is -0.223. The number of nitrogen functional groups attached to an aromatic ring is 1. The molecule has 0 fully saturated rings. The van der Waals surface area contributed by atoms with Crippen molar-refractivity contribution in [3.8, 4) is 5.75 Å². The van der Waals surface area contributed by atoms with Gasteiger partial charge < -0.3 is 20.7 Å². The van der Waals surface area contributed by atoms with Crippen LogP contribution in [-0.4, -0.2) is 48.9 Å². The number of nitrogens with two attached hydrogens (primary N) is 1. The Morgan fingerprint density at radius 1 is 1.07 bits per heavy atom. The Morgan fingerprint density at radius 2 is 1.79 bits per heavy atom. The lowest BCUT2D eigenvalue weighted by atomic mass is 10.1. The van der Waals surface area contributed by atoms with Crippen LogP contribution in [0.3, 0.4) is 0 Å². The van der Waals surface area contributed by atoms with Gasteiger partial charge in [-0.1, -0.05) is 6.07 Å². The number of aromatic nitrogens is 1. The van der Waals surface area contributed by atoms with Crippen LogP contribution in [0.25, 0.3) is 10.8 Å². The van der Waals surface area contributed by atoms with Gasteiger partial charge in [0, 0.05) is 36.8 Å². The number of fused-ring (bicyclic) bond motifs is 1. The minimum absolute atomic E-state index is 0.105. The smallest absolute Gasteiger partial charge is 0.253 e. The summed E-state index contributed by atoms with van der Waals surface area (Å²) < 4.78 is 5.68. The van der Waals surface area contributed by atoms with Crippen LogP contribution in [0, 0.1) is 0 Å². The van der Waals surface area contributed by atoms with Gasteiger partial charge in [0.25, 0.3) is 11.8 Å². The van der Waals surface area contributed by atoms with Crippen molar-refractivity contribution in [1.29, 1.82) is 0 Å². The van der Waals surface area contributed by atoms with E-state index >= 15 is 0 Å². The molecular weight excluding hydrogens is 356 g/mol. The summed E-state index contributed by atoms with van der Waals surface area (Å²) in [6.45, 7) is 0.659. The molecule has 7 nitrogen and oxygen atoms in total. The number of hydrogen-bond acceptors (Lipinski definition) is 5. The Morgan fingerprint density at radius 3 is 2.50 bits per heavy atom. The number of anilines is 1. The van der Waals surface area contributed by atoms with Crippen molar-refractivity contribution in [1.82, 2.24) is 15.2 Å². The molecule has 2 aromatic carbocycles. The summed E-state index contributed by atoms with van der Waals surface area (Å²) in [7, 11) is 3.37. The quantitative estimate of drug-likeness (QED) is 0.642. The summed E-state index contributed by atoms with van der Waals surface area (Å²) in [5.41, 5.74) is 6.91. The number of rotatable bonds is 6. The summed E-state index contributed by atoms with van der Waals surface area (Å²) in [6, 6.07) is 14.0. The van der Waals surface area contributed by atoms with Gasteiger partial charge in [-0.15, -0.1) is 0 Å². The summed E-state index contributed by atoms with van der Waals surface area (Å²) >= 11 is 0. The molecule has 0 aliphatic carbocycles. The number of hydrogen-bond donors (Lipinski definition) is 2. The molecule has 28 heavy (non-hydrogen) atoms. The molecular formula is C21H22N4O3. The van der Waals surface area contributed by atoms with Gasteiger partial charge in [0.05, 0.1) is 6.54 Å². The molecule has 0 saturated carbocycles. The van der Waals surface area contributed by atoms with Crippen LogP contribution in [0.1, 0.15) is 20.7 Å². The number of carbonyl (C=O) groups excluding carboxylic acids is 2. The zero-order valence-electron chi connectivity index (χ0n) is 15.8. The highest BCUT2D eigenvalue weighted by Gasteiger charge is 2.10. The van der Waals surface area contributed by atoms with Gasteiger partial charge >= 0.3 is 0 Å². The van der Waals surface area contributed by atoms with E-state index in [1.807, 2.05) is 24.3 Å². The monoisotopic (exact) mass is 378 g/mol. The number of pyridine rings is 1. The molecule has 3 rings (SSSR count). The molecule has 0 radical (unpaired) electrons. The molecule has 3 N–H and O–H groups in total. The molecule has 0 aliphatic rings. The van der Waals surface area contributed by atoms with Gasteiger partial charge in [0.1, 0.15) is 18.2 Å². The lowest BCUT2D eigenvalue weighted by Gasteiger charge is -2.11. The van der Waals surface area contributed by atoms with E-state index in [4.69, 9.17) is 10.5 Å². The first-order valence-corrected chi connectivity index (χ1v) is 8.82. The second kappa shape index (κ2) is 8.39. The average Bonchev–Trinajstić information content (AvgIpc) is 2.71. The Kier molecular flexibility index (Phi) is 5.74. The van der Waals surface area contributed by atoms with Gasteiger partial charge in [-0.25, -0.2) is 4.98 Å². The second-order valence-corrected chi connectivity index (χ2v) is 6.46. The van der Waals surface area contributed by atoms with Crippen LogP contribution >= 0.6 is 0 Å². The Hall–Kier alpha value is -3.61. The van der Waals surface area contributed by atoms with Gasteiger partial charge in [0.15, 0.2) is 0 Å². The summed E-state index contributed by atoms with van der Waals surface area (Å²) in [6.07, 6.45) is 1.66. The Bertz CT molecular complexity index is 1000. The molecule has 0 aliphatic heterocycles. The van der Waals surface area contributed by atoms with Crippen LogP contribution in [-0.2, 0) is 0 Å². The number of ether oxygens (including phenoxy) is 1. The first-order valence-electron chi connectivity index (χ1n) is 8.82. The van der Waals surface area contributed by atoms with E-state index in [1.165, 1.54) is 4.90 Å². The molecule has 2 amide bonds. The highest BCUT2D eigenvalue weighted by molar-refractivity contribution is 5.97. The summed E-state index contributed by atoms with van der Waals surface area (Å²) in [4.78, 5) is 29.6. The van der Waals surface area contributed by atoms with Crippen LogP contribution < -0.4 is 15.8 Å². The van der Waals surface area contributed by atoms with Gasteiger partial charge in [-0.05, 0) is 47.9 Å². The Balaban J connectivity index is 1.52. The van der Waals surface area contributed by atoms with Crippen LogP contribution in [0.4, 0.5) is 5.82 Å². The van der Waals surface area contributed by atoms with E-state index in [2.05, 4.69) is 10.3 Å². The molecule has 0 bridgehead atoms. The summed E-state index contributed by atoms with van der Waals surface area (Å²) in [5.74, 6) is 0.784. The zero-order chi connectivity index (χ0) is 20.1. The average molecular weight is 378 g/mol. The molecule has 1 heterocycles. The van der Waals surface area contributed by atoms with E-state index in [0.717, 1.165) is 10.8 Å². The van der Waals surface area contributed by atoms with Crippen molar-refractivity contribution >= 4 is 28.4 Å². The second-order valence-electron chi connectivity index (χ2n) is 6.46. The molecule has 144 valence electrons. The largest absolute Gasteiger partial charge is 0.492 e. The number of amides is 2. The third kappa shape index (κ3) is 4.37. The predicted molar refractivity (Wildman–Crippen MR) is 108 cm³/mol. The van der Waals surface area contributed by atoms with E-state index in [0.29, 0.717) is 35.8 Å². The lowest BCUT2D eigenvalue weighted by molar-refractivity contribution is 0.0826. The van der Waals surface area contributed by atoms with Crippen molar-refractivity contribution in [2.45, 2.75) is 0 Å². The van der Waals surface area contributed by atoms with E-state index in [-0.39, 0.29) is 11.8 Å². The lowest BCUT2D eigenvalue weighted by Crippen LogP contribution is -2.28. The van der Waals surface area contributed by atoms with Crippen molar-refractivity contribution in [3.05, 3.63) is 65.9 Å². The Labute approximate surface area is 163 Å². The van der Waals surface area contributed by atoms with Crippen molar-refractivity contribution in [3.63, 3.8) is 0 Å². The van der Waals surface area contributed by atoms with Crippen LogP contribution in [0.15, 0.2) is 54.7 Å². The fourth-order valence-corrected chi connectivity index (χ4v) is 2.72. The predicted octanol–water partition coefficient (Wildman–Crippen LogP) is 2.33. The summed E-state index contributed by atoms with van der Waals surface area (Å²) in [5, 5.41) is 4.61. The van der Waals surface area contributed by atoms with Crippen molar-refractivity contribution in [2.75, 3.05) is 33.0 Å². The van der Waals surface area contributed by atoms with E-state index in [9.17, 15) is 9.59 Å². The number of benzene rings is 2. The van der Waals surface area contributed by atoms with Crippen LogP contribution in [0.2, 0.25) is 0 Å². The fourth-order valence-electron chi connectivity index (χ4n) is 2.72.